The minimum Gasteiger partial charge on any atom is -0.465 e. The molecule has 1 N–H and O–H groups in total. The van der Waals surface area contributed by atoms with Gasteiger partial charge in [-0.05, 0) is 48.1 Å². The number of aromatic amines is 1. The number of hydrogen-bond acceptors (Lipinski definition) is 3. The van der Waals surface area contributed by atoms with E-state index in [-0.39, 0.29) is 11.9 Å². The number of fused-ring (bicyclic) bond motifs is 1. The maximum Gasteiger partial charge on any atom is 0.338 e. The Kier molecular flexibility index (Phi) is 4.21. The van der Waals surface area contributed by atoms with Gasteiger partial charge in [0, 0.05) is 24.3 Å². The summed E-state index contributed by atoms with van der Waals surface area (Å²) in [6, 6.07) is 15.3. The van der Waals surface area contributed by atoms with Gasteiger partial charge in [-0.3, -0.25) is 4.79 Å². The SMILES string of the molecule is COC(=O)c1ccccc1C(=O)N(Cc1ccc2cc[nH]c2c1)C1CC1. The number of methoxy groups -OCH3 is 1. The van der Waals surface area contributed by atoms with E-state index in [4.69, 9.17) is 4.74 Å². The molecule has 0 saturated heterocycles. The van der Waals surface area contributed by atoms with E-state index in [1.54, 1.807) is 24.3 Å². The maximum atomic E-state index is 13.2. The Morgan fingerprint density at radius 3 is 2.62 bits per heavy atom. The van der Waals surface area contributed by atoms with Crippen molar-refractivity contribution in [1.29, 1.82) is 0 Å². The maximum absolute atomic E-state index is 13.2. The summed E-state index contributed by atoms with van der Waals surface area (Å²) >= 11 is 0. The lowest BCUT2D eigenvalue weighted by atomic mass is 10.1. The molecule has 132 valence electrons. The predicted octanol–water partition coefficient (Wildman–Crippen LogP) is 3.76. The molecular weight excluding hydrogens is 328 g/mol. The summed E-state index contributed by atoms with van der Waals surface area (Å²) in [5.74, 6) is -0.613. The lowest BCUT2D eigenvalue weighted by Crippen LogP contribution is -2.33. The van der Waals surface area contributed by atoms with Crippen LogP contribution in [0.25, 0.3) is 10.9 Å². The summed E-state index contributed by atoms with van der Waals surface area (Å²) in [6.07, 6.45) is 3.90. The molecule has 0 unspecified atom stereocenters. The Morgan fingerprint density at radius 2 is 1.88 bits per heavy atom. The Balaban J connectivity index is 1.64. The summed E-state index contributed by atoms with van der Waals surface area (Å²) in [7, 11) is 1.33. The molecule has 5 heteroatoms. The zero-order valence-corrected chi connectivity index (χ0v) is 14.6. The first-order valence-electron chi connectivity index (χ1n) is 8.71. The van der Waals surface area contributed by atoms with Crippen molar-refractivity contribution in [2.45, 2.75) is 25.4 Å². The third-order valence-electron chi connectivity index (χ3n) is 4.78. The number of nitrogens with zero attached hydrogens (tertiary/aromatic N) is 1. The zero-order valence-electron chi connectivity index (χ0n) is 14.6. The number of amides is 1. The third kappa shape index (κ3) is 3.08. The molecule has 1 aliphatic rings. The van der Waals surface area contributed by atoms with Crippen molar-refractivity contribution >= 4 is 22.8 Å². The minimum atomic E-state index is -0.488. The summed E-state index contributed by atoms with van der Waals surface area (Å²) in [5, 5.41) is 1.15. The predicted molar refractivity (Wildman–Crippen MR) is 99.0 cm³/mol. The number of H-pyrrole nitrogens is 1. The highest BCUT2D eigenvalue weighted by Crippen LogP contribution is 2.31. The largest absolute Gasteiger partial charge is 0.465 e. The Labute approximate surface area is 151 Å². The van der Waals surface area contributed by atoms with Crippen LogP contribution in [0.1, 0.15) is 39.1 Å². The molecule has 1 amide bonds. The number of ether oxygens (including phenoxy) is 1. The smallest absolute Gasteiger partial charge is 0.338 e. The van der Waals surface area contributed by atoms with Crippen LogP contribution in [-0.4, -0.2) is 34.9 Å². The van der Waals surface area contributed by atoms with Crippen molar-refractivity contribution in [2.75, 3.05) is 7.11 Å². The molecule has 1 fully saturated rings. The Morgan fingerprint density at radius 1 is 1.12 bits per heavy atom. The molecule has 1 saturated carbocycles. The molecule has 0 bridgehead atoms. The van der Waals surface area contributed by atoms with Crippen LogP contribution in [0.2, 0.25) is 0 Å². The van der Waals surface area contributed by atoms with Crippen LogP contribution in [0.15, 0.2) is 54.7 Å². The van der Waals surface area contributed by atoms with Crippen molar-refractivity contribution in [2.24, 2.45) is 0 Å². The molecular formula is C21H20N2O3. The average molecular weight is 348 g/mol. The van der Waals surface area contributed by atoms with Gasteiger partial charge in [-0.25, -0.2) is 4.79 Å². The van der Waals surface area contributed by atoms with Gasteiger partial charge in [-0.2, -0.15) is 0 Å². The molecule has 4 rings (SSSR count). The van der Waals surface area contributed by atoms with Gasteiger partial charge in [-0.15, -0.1) is 0 Å². The minimum absolute atomic E-state index is 0.125. The van der Waals surface area contributed by atoms with Gasteiger partial charge in [-0.1, -0.05) is 24.3 Å². The lowest BCUT2D eigenvalue weighted by molar-refractivity contribution is 0.0588. The molecule has 1 aromatic heterocycles. The summed E-state index contributed by atoms with van der Waals surface area (Å²) in [5.41, 5.74) is 2.83. The van der Waals surface area contributed by atoms with Gasteiger partial charge in [0.25, 0.3) is 5.91 Å². The second kappa shape index (κ2) is 6.67. The number of hydrogen-bond donors (Lipinski definition) is 1. The molecule has 3 aromatic rings. The van der Waals surface area contributed by atoms with E-state index >= 15 is 0 Å². The summed E-state index contributed by atoms with van der Waals surface area (Å²) in [4.78, 5) is 30.3. The first-order valence-corrected chi connectivity index (χ1v) is 8.71. The van der Waals surface area contributed by atoms with Crippen LogP contribution in [-0.2, 0) is 11.3 Å². The van der Waals surface area contributed by atoms with Gasteiger partial charge in [0.05, 0.1) is 18.2 Å². The zero-order chi connectivity index (χ0) is 18.1. The van der Waals surface area contributed by atoms with E-state index in [2.05, 4.69) is 17.1 Å². The fourth-order valence-corrected chi connectivity index (χ4v) is 3.26. The van der Waals surface area contributed by atoms with Crippen LogP contribution in [0.5, 0.6) is 0 Å². The first kappa shape index (κ1) is 16.4. The van der Waals surface area contributed by atoms with Gasteiger partial charge in [0.1, 0.15) is 0 Å². The molecule has 1 aliphatic carbocycles. The topological polar surface area (TPSA) is 62.4 Å². The molecule has 5 nitrogen and oxygen atoms in total. The van der Waals surface area contributed by atoms with Gasteiger partial charge >= 0.3 is 5.97 Å². The van der Waals surface area contributed by atoms with Crippen LogP contribution < -0.4 is 0 Å². The number of carbonyl (C=O) groups excluding carboxylic acids is 2. The molecule has 26 heavy (non-hydrogen) atoms. The number of aromatic nitrogens is 1. The van der Waals surface area contributed by atoms with E-state index in [0.717, 1.165) is 29.3 Å². The van der Waals surface area contributed by atoms with E-state index in [1.807, 2.05) is 23.2 Å². The van der Waals surface area contributed by atoms with Crippen molar-refractivity contribution < 1.29 is 14.3 Å². The van der Waals surface area contributed by atoms with E-state index in [1.165, 1.54) is 7.11 Å². The van der Waals surface area contributed by atoms with Crippen molar-refractivity contribution in [3.8, 4) is 0 Å². The third-order valence-corrected chi connectivity index (χ3v) is 4.78. The average Bonchev–Trinajstić information content (AvgIpc) is 3.41. The lowest BCUT2D eigenvalue weighted by Gasteiger charge is -2.23. The second-order valence-electron chi connectivity index (χ2n) is 6.60. The van der Waals surface area contributed by atoms with Crippen LogP contribution in [0, 0.1) is 0 Å². The molecule has 0 radical (unpaired) electrons. The van der Waals surface area contributed by atoms with E-state index in [0.29, 0.717) is 17.7 Å². The van der Waals surface area contributed by atoms with Crippen LogP contribution >= 0.6 is 0 Å². The normalized spacial score (nSPS) is 13.6. The molecule has 0 atom stereocenters. The number of benzene rings is 2. The van der Waals surface area contributed by atoms with Crippen molar-refractivity contribution in [3.05, 3.63) is 71.4 Å². The monoisotopic (exact) mass is 348 g/mol. The fraction of sp³-hybridized carbons (Fsp3) is 0.238. The van der Waals surface area contributed by atoms with Crippen LogP contribution in [0.4, 0.5) is 0 Å². The number of esters is 1. The molecule has 0 aliphatic heterocycles. The first-order chi connectivity index (χ1) is 12.7. The molecule has 0 spiro atoms. The molecule has 1 heterocycles. The van der Waals surface area contributed by atoms with E-state index < -0.39 is 5.97 Å². The summed E-state index contributed by atoms with van der Waals surface area (Å²) < 4.78 is 4.83. The number of carbonyl (C=O) groups is 2. The van der Waals surface area contributed by atoms with Crippen molar-refractivity contribution in [3.63, 3.8) is 0 Å². The van der Waals surface area contributed by atoms with Gasteiger partial charge < -0.3 is 14.6 Å². The highest BCUT2D eigenvalue weighted by atomic mass is 16.5. The number of rotatable bonds is 5. The van der Waals surface area contributed by atoms with Crippen LogP contribution in [0.3, 0.4) is 0 Å². The molecule has 2 aromatic carbocycles. The Bertz CT molecular complexity index is 972. The standard InChI is InChI=1S/C21H20N2O3/c1-26-21(25)18-5-3-2-4-17(18)20(24)23(16-8-9-16)13-14-6-7-15-10-11-22-19(15)12-14/h2-7,10-12,16,22H,8-9,13H2,1H3. The highest BCUT2D eigenvalue weighted by molar-refractivity contribution is 6.05. The highest BCUT2D eigenvalue weighted by Gasteiger charge is 2.34. The quantitative estimate of drug-likeness (QED) is 0.714. The Hall–Kier alpha value is -3.08. The van der Waals surface area contributed by atoms with Gasteiger partial charge in [0.2, 0.25) is 0 Å². The summed E-state index contributed by atoms with van der Waals surface area (Å²) in [6.45, 7) is 0.522. The van der Waals surface area contributed by atoms with E-state index in [9.17, 15) is 9.59 Å². The van der Waals surface area contributed by atoms with Crippen molar-refractivity contribution in [1.82, 2.24) is 9.88 Å². The second-order valence-corrected chi connectivity index (χ2v) is 6.60. The number of nitrogens with one attached hydrogen (secondary N) is 1. The fourth-order valence-electron chi connectivity index (χ4n) is 3.26. The van der Waals surface area contributed by atoms with Gasteiger partial charge in [0.15, 0.2) is 0 Å².